The van der Waals surface area contributed by atoms with Crippen LogP contribution in [0.1, 0.15) is 48.0 Å². The predicted molar refractivity (Wildman–Crippen MR) is 141 cm³/mol. The van der Waals surface area contributed by atoms with Crippen LogP contribution >= 0.6 is 11.6 Å². The van der Waals surface area contributed by atoms with Crippen LogP contribution in [0.15, 0.2) is 75.9 Å². The average molecular weight is 504 g/mol. The Bertz CT molecular complexity index is 1510. The summed E-state index contributed by atoms with van der Waals surface area (Å²) in [5.41, 5.74) is 1.62. The number of methoxy groups -OCH3 is 1. The Kier molecular flexibility index (Phi) is 6.46. The highest BCUT2D eigenvalue weighted by Crippen LogP contribution is 2.42. The molecule has 1 aliphatic rings. The van der Waals surface area contributed by atoms with Crippen LogP contribution < -0.4 is 19.8 Å². The summed E-state index contributed by atoms with van der Waals surface area (Å²) in [4.78, 5) is 29.1. The van der Waals surface area contributed by atoms with E-state index in [1.165, 1.54) is 0 Å². The van der Waals surface area contributed by atoms with Crippen molar-refractivity contribution in [2.75, 3.05) is 18.6 Å². The van der Waals surface area contributed by atoms with Crippen LogP contribution in [0.25, 0.3) is 11.0 Å². The quantitative estimate of drug-likeness (QED) is 0.283. The summed E-state index contributed by atoms with van der Waals surface area (Å²) in [5, 5.41) is 0.747. The van der Waals surface area contributed by atoms with E-state index < -0.39 is 11.9 Å². The molecule has 0 N–H and O–H groups in total. The van der Waals surface area contributed by atoms with Crippen LogP contribution in [0.5, 0.6) is 11.5 Å². The van der Waals surface area contributed by atoms with Gasteiger partial charge in [-0.1, -0.05) is 43.6 Å². The number of hydrogen-bond donors (Lipinski definition) is 0. The van der Waals surface area contributed by atoms with Gasteiger partial charge in [-0.05, 0) is 60.4 Å². The zero-order valence-electron chi connectivity index (χ0n) is 20.3. The molecule has 6 nitrogen and oxygen atoms in total. The van der Waals surface area contributed by atoms with Gasteiger partial charge in [-0.15, -0.1) is 0 Å². The molecule has 0 saturated heterocycles. The van der Waals surface area contributed by atoms with Crippen LogP contribution in [-0.4, -0.2) is 19.6 Å². The summed E-state index contributed by atoms with van der Waals surface area (Å²) in [6.45, 7) is 4.86. The van der Waals surface area contributed by atoms with E-state index in [2.05, 4.69) is 13.8 Å². The molecule has 0 bridgehead atoms. The van der Waals surface area contributed by atoms with Crippen molar-refractivity contribution in [3.05, 3.63) is 98.9 Å². The van der Waals surface area contributed by atoms with Gasteiger partial charge in [-0.2, -0.15) is 0 Å². The molecule has 3 aromatic carbocycles. The number of anilines is 1. The number of halogens is 1. The van der Waals surface area contributed by atoms with E-state index in [0.29, 0.717) is 45.7 Å². The first-order chi connectivity index (χ1) is 17.4. The summed E-state index contributed by atoms with van der Waals surface area (Å²) < 4.78 is 17.4. The monoisotopic (exact) mass is 503 g/mol. The van der Waals surface area contributed by atoms with Crippen molar-refractivity contribution in [3.63, 3.8) is 0 Å². The van der Waals surface area contributed by atoms with Gasteiger partial charge < -0.3 is 13.9 Å². The molecule has 0 spiro atoms. The number of carbonyl (C=O) groups is 1. The van der Waals surface area contributed by atoms with E-state index in [-0.39, 0.29) is 16.8 Å². The number of hydrogen-bond acceptors (Lipinski definition) is 5. The summed E-state index contributed by atoms with van der Waals surface area (Å²) in [6, 6.07) is 18.8. The number of rotatable bonds is 7. The summed E-state index contributed by atoms with van der Waals surface area (Å²) in [5.74, 6) is 1.41. The van der Waals surface area contributed by atoms with Crippen molar-refractivity contribution < 1.29 is 18.7 Å². The van der Waals surface area contributed by atoms with Crippen LogP contribution in [0.3, 0.4) is 0 Å². The lowest BCUT2D eigenvalue weighted by Crippen LogP contribution is -2.29. The molecule has 4 aromatic rings. The first-order valence-electron chi connectivity index (χ1n) is 11.8. The van der Waals surface area contributed by atoms with Crippen LogP contribution in [-0.2, 0) is 0 Å². The van der Waals surface area contributed by atoms with E-state index in [9.17, 15) is 9.59 Å². The van der Waals surface area contributed by atoms with Gasteiger partial charge in [0.25, 0.3) is 5.91 Å². The normalized spacial score (nSPS) is 15.0. The maximum absolute atomic E-state index is 13.8. The summed E-state index contributed by atoms with van der Waals surface area (Å²) in [7, 11) is 1.57. The molecular formula is C29H26ClNO5. The second-order valence-electron chi connectivity index (χ2n) is 9.20. The molecule has 36 heavy (non-hydrogen) atoms. The van der Waals surface area contributed by atoms with E-state index in [1.807, 2.05) is 30.3 Å². The maximum Gasteiger partial charge on any atom is 0.295 e. The van der Waals surface area contributed by atoms with Crippen LogP contribution in [0.4, 0.5) is 5.69 Å². The molecule has 1 unspecified atom stereocenters. The number of benzene rings is 3. The molecule has 184 valence electrons. The first-order valence-corrected chi connectivity index (χ1v) is 12.2. The van der Waals surface area contributed by atoms with Gasteiger partial charge in [-0.25, -0.2) is 0 Å². The lowest BCUT2D eigenvalue weighted by molar-refractivity contribution is 0.0971. The molecule has 1 aromatic heterocycles. The number of nitrogens with zero attached hydrogens (tertiary/aromatic N) is 1. The molecule has 1 aliphatic heterocycles. The van der Waals surface area contributed by atoms with Crippen molar-refractivity contribution >= 4 is 34.2 Å². The number of amides is 1. The highest BCUT2D eigenvalue weighted by molar-refractivity contribution is 6.31. The fraction of sp³-hybridized carbons (Fsp3) is 0.241. The SMILES string of the molecule is COc1cccc(N2C(=O)c3oc4ccc(Cl)cc4c(=O)c3C2c2cccc(OCCC(C)C)c2)c1. The topological polar surface area (TPSA) is 69.0 Å². The highest BCUT2D eigenvalue weighted by atomic mass is 35.5. The molecule has 0 aliphatic carbocycles. The second kappa shape index (κ2) is 9.70. The Morgan fingerprint density at radius 2 is 1.78 bits per heavy atom. The second-order valence-corrected chi connectivity index (χ2v) is 9.63. The predicted octanol–water partition coefficient (Wildman–Crippen LogP) is 6.63. The summed E-state index contributed by atoms with van der Waals surface area (Å²) >= 11 is 6.18. The standard InChI is InChI=1S/C29H26ClNO5/c1-17(2)12-13-35-22-9-4-6-18(14-22)26-25-27(32)23-15-19(30)10-11-24(23)36-28(25)29(33)31(26)20-7-5-8-21(16-20)34-3/h4-11,14-17,26H,12-13H2,1-3H3. The molecule has 1 amide bonds. The molecule has 0 saturated carbocycles. The minimum atomic E-state index is -0.715. The molecule has 0 fully saturated rings. The zero-order valence-corrected chi connectivity index (χ0v) is 21.0. The Morgan fingerprint density at radius 3 is 2.56 bits per heavy atom. The minimum Gasteiger partial charge on any atom is -0.497 e. The lowest BCUT2D eigenvalue weighted by Gasteiger charge is -2.26. The Balaban J connectivity index is 1.69. The Labute approximate surface area is 214 Å². The lowest BCUT2D eigenvalue weighted by atomic mass is 9.98. The summed E-state index contributed by atoms with van der Waals surface area (Å²) in [6.07, 6.45) is 0.918. The van der Waals surface area contributed by atoms with Crippen molar-refractivity contribution in [2.24, 2.45) is 5.92 Å². The average Bonchev–Trinajstić information content (AvgIpc) is 3.17. The van der Waals surface area contributed by atoms with Gasteiger partial charge in [-0.3, -0.25) is 14.5 Å². The zero-order chi connectivity index (χ0) is 25.4. The minimum absolute atomic E-state index is 0.0220. The Hall–Kier alpha value is -3.77. The fourth-order valence-electron chi connectivity index (χ4n) is 4.47. The Morgan fingerprint density at radius 1 is 1.00 bits per heavy atom. The third-order valence-electron chi connectivity index (χ3n) is 6.30. The van der Waals surface area contributed by atoms with Gasteiger partial charge in [0.2, 0.25) is 5.76 Å². The van der Waals surface area contributed by atoms with Crippen molar-refractivity contribution in [3.8, 4) is 11.5 Å². The molecule has 0 radical (unpaired) electrons. The van der Waals surface area contributed by atoms with E-state index >= 15 is 0 Å². The number of fused-ring (bicyclic) bond motifs is 2. The first kappa shape index (κ1) is 23.9. The van der Waals surface area contributed by atoms with Crippen molar-refractivity contribution in [1.82, 2.24) is 0 Å². The van der Waals surface area contributed by atoms with E-state index in [4.69, 9.17) is 25.5 Å². The van der Waals surface area contributed by atoms with Gasteiger partial charge in [0.1, 0.15) is 17.1 Å². The van der Waals surface area contributed by atoms with Gasteiger partial charge >= 0.3 is 0 Å². The largest absolute Gasteiger partial charge is 0.497 e. The van der Waals surface area contributed by atoms with Gasteiger partial charge in [0.05, 0.1) is 30.7 Å². The number of carbonyl (C=O) groups excluding carboxylic acids is 1. The van der Waals surface area contributed by atoms with Crippen molar-refractivity contribution in [2.45, 2.75) is 26.3 Å². The molecule has 5 rings (SSSR count). The fourth-order valence-corrected chi connectivity index (χ4v) is 4.65. The molecule has 2 heterocycles. The third-order valence-corrected chi connectivity index (χ3v) is 6.54. The smallest absolute Gasteiger partial charge is 0.295 e. The van der Waals surface area contributed by atoms with Crippen LogP contribution in [0, 0.1) is 5.92 Å². The molecule has 1 atom stereocenters. The van der Waals surface area contributed by atoms with Gasteiger partial charge in [0, 0.05) is 16.8 Å². The van der Waals surface area contributed by atoms with Crippen molar-refractivity contribution in [1.29, 1.82) is 0 Å². The van der Waals surface area contributed by atoms with Gasteiger partial charge in [0.15, 0.2) is 5.43 Å². The number of ether oxygens (including phenoxy) is 2. The van der Waals surface area contributed by atoms with E-state index in [1.54, 1.807) is 48.4 Å². The van der Waals surface area contributed by atoms with Crippen LogP contribution in [0.2, 0.25) is 5.02 Å². The third kappa shape index (κ3) is 4.33. The molecular weight excluding hydrogens is 478 g/mol. The maximum atomic E-state index is 13.8. The van der Waals surface area contributed by atoms with E-state index in [0.717, 1.165) is 12.0 Å². The molecule has 7 heteroatoms. The highest BCUT2D eigenvalue weighted by Gasteiger charge is 2.44.